The van der Waals surface area contributed by atoms with Gasteiger partial charge in [0.2, 0.25) is 10.0 Å². The number of amides is 1. The quantitative estimate of drug-likeness (QED) is 0.592. The van der Waals surface area contributed by atoms with Gasteiger partial charge in [0.05, 0.1) is 18.2 Å². The third-order valence-corrected chi connectivity index (χ3v) is 7.69. The molecule has 4 rings (SSSR count). The molecule has 0 spiro atoms. The van der Waals surface area contributed by atoms with Crippen molar-refractivity contribution in [3.05, 3.63) is 82.9 Å². The van der Waals surface area contributed by atoms with Gasteiger partial charge in [0.1, 0.15) is 16.8 Å². The average Bonchev–Trinajstić information content (AvgIpc) is 3.24. The van der Waals surface area contributed by atoms with Crippen molar-refractivity contribution in [2.45, 2.75) is 10.9 Å². The number of hydrogen-bond donors (Lipinski definition) is 1. The number of halogens is 1. The molecule has 8 nitrogen and oxygen atoms in total. The first-order valence-corrected chi connectivity index (χ1v) is 11.9. The molecule has 1 saturated heterocycles. The first-order valence-electron chi connectivity index (χ1n) is 10.1. The highest BCUT2D eigenvalue weighted by molar-refractivity contribution is 7.89. The Balaban J connectivity index is 1.65. The van der Waals surface area contributed by atoms with Crippen LogP contribution in [0.2, 0.25) is 5.02 Å². The van der Waals surface area contributed by atoms with Gasteiger partial charge < -0.3 is 14.6 Å². The summed E-state index contributed by atoms with van der Waals surface area (Å²) in [4.78, 5) is 17.5. The maximum Gasteiger partial charge on any atom is 0.252 e. The van der Waals surface area contributed by atoms with Crippen LogP contribution < -0.4 is 5.32 Å². The van der Waals surface area contributed by atoms with Crippen molar-refractivity contribution in [1.82, 2.24) is 19.2 Å². The van der Waals surface area contributed by atoms with Gasteiger partial charge in [0.25, 0.3) is 5.91 Å². The minimum atomic E-state index is -3.85. The molecule has 10 heteroatoms. The van der Waals surface area contributed by atoms with Crippen molar-refractivity contribution in [2.24, 2.45) is 7.05 Å². The molecule has 1 aliphatic rings. The van der Waals surface area contributed by atoms with Gasteiger partial charge in [-0.25, -0.2) is 13.4 Å². The van der Waals surface area contributed by atoms with Crippen LogP contribution in [-0.4, -0.2) is 54.5 Å². The molecule has 3 aromatic rings. The first-order chi connectivity index (χ1) is 15.4. The number of sulfonamides is 1. The summed E-state index contributed by atoms with van der Waals surface area (Å²) in [6.45, 7) is 1.12. The number of rotatable bonds is 6. The zero-order valence-electron chi connectivity index (χ0n) is 17.4. The normalized spacial score (nSPS) is 15.9. The summed E-state index contributed by atoms with van der Waals surface area (Å²) < 4.78 is 34.6. The summed E-state index contributed by atoms with van der Waals surface area (Å²) in [6, 6.07) is 13.2. The van der Waals surface area contributed by atoms with Gasteiger partial charge in [0, 0.05) is 38.1 Å². The van der Waals surface area contributed by atoms with Crippen LogP contribution in [0.1, 0.15) is 27.8 Å². The molecule has 0 unspecified atom stereocenters. The van der Waals surface area contributed by atoms with Crippen LogP contribution in [-0.2, 0) is 21.8 Å². The van der Waals surface area contributed by atoms with Crippen LogP contribution in [0.3, 0.4) is 0 Å². The van der Waals surface area contributed by atoms with Gasteiger partial charge in [-0.2, -0.15) is 4.31 Å². The van der Waals surface area contributed by atoms with Crippen LogP contribution in [0, 0.1) is 0 Å². The lowest BCUT2D eigenvalue weighted by molar-refractivity contribution is 0.0730. The fraction of sp³-hybridized carbons (Fsp3) is 0.273. The molecule has 0 bridgehead atoms. The molecule has 2 heterocycles. The van der Waals surface area contributed by atoms with E-state index in [2.05, 4.69) is 10.3 Å². The zero-order chi connectivity index (χ0) is 22.7. The predicted octanol–water partition coefficient (Wildman–Crippen LogP) is 2.61. The van der Waals surface area contributed by atoms with E-state index in [4.69, 9.17) is 16.3 Å². The van der Waals surface area contributed by atoms with Crippen molar-refractivity contribution < 1.29 is 17.9 Å². The SMILES string of the molecule is Cn1ccnc1[C@H](NC(=O)c1ccc(Cl)c(S(=O)(=O)N2CCOCC2)c1)c1ccccc1. The van der Waals surface area contributed by atoms with Gasteiger partial charge in [-0.05, 0) is 23.8 Å². The number of benzene rings is 2. The minimum Gasteiger partial charge on any atom is -0.379 e. The Bertz CT molecular complexity index is 1210. The molecule has 168 valence electrons. The molecule has 0 aliphatic carbocycles. The smallest absolute Gasteiger partial charge is 0.252 e. The molecule has 32 heavy (non-hydrogen) atoms. The zero-order valence-corrected chi connectivity index (χ0v) is 19.0. The second-order valence-electron chi connectivity index (χ2n) is 7.38. The molecular weight excluding hydrogens is 452 g/mol. The predicted molar refractivity (Wildman–Crippen MR) is 120 cm³/mol. The number of ether oxygens (including phenoxy) is 1. The summed E-state index contributed by atoms with van der Waals surface area (Å²) >= 11 is 6.23. The molecular formula is C22H23ClN4O4S. The molecule has 1 N–H and O–H groups in total. The maximum absolute atomic E-state index is 13.2. The van der Waals surface area contributed by atoms with E-state index in [0.717, 1.165) is 5.56 Å². The van der Waals surface area contributed by atoms with E-state index in [1.807, 2.05) is 41.9 Å². The molecule has 1 atom stereocenters. The summed E-state index contributed by atoms with van der Waals surface area (Å²) in [7, 11) is -2.01. The third kappa shape index (κ3) is 4.56. The van der Waals surface area contributed by atoms with Crippen LogP contribution in [0.15, 0.2) is 65.8 Å². The minimum absolute atomic E-state index is 0.0664. The van der Waals surface area contributed by atoms with E-state index in [-0.39, 0.29) is 28.6 Å². The molecule has 1 amide bonds. The van der Waals surface area contributed by atoms with E-state index >= 15 is 0 Å². The lowest BCUT2D eigenvalue weighted by Crippen LogP contribution is -2.40. The Hall–Kier alpha value is -2.72. The first kappa shape index (κ1) is 22.5. The highest BCUT2D eigenvalue weighted by Gasteiger charge is 2.29. The summed E-state index contributed by atoms with van der Waals surface area (Å²) in [5.41, 5.74) is 1.04. The maximum atomic E-state index is 13.2. The van der Waals surface area contributed by atoms with Gasteiger partial charge in [-0.15, -0.1) is 0 Å². The summed E-state index contributed by atoms with van der Waals surface area (Å²) in [5, 5.41) is 3.04. The van der Waals surface area contributed by atoms with Crippen molar-refractivity contribution in [3.8, 4) is 0 Å². The van der Waals surface area contributed by atoms with Gasteiger partial charge in [0.15, 0.2) is 0 Å². The highest BCUT2D eigenvalue weighted by Crippen LogP contribution is 2.27. The Morgan fingerprint density at radius 3 is 2.53 bits per heavy atom. The van der Waals surface area contributed by atoms with Gasteiger partial charge in [-0.1, -0.05) is 41.9 Å². The molecule has 2 aromatic carbocycles. The number of nitrogens with zero attached hydrogens (tertiary/aromatic N) is 3. The van der Waals surface area contributed by atoms with Crippen molar-refractivity contribution in [1.29, 1.82) is 0 Å². The highest BCUT2D eigenvalue weighted by atomic mass is 35.5. The number of nitrogens with one attached hydrogen (secondary N) is 1. The Morgan fingerprint density at radius 1 is 1.16 bits per heavy atom. The van der Waals surface area contributed by atoms with E-state index < -0.39 is 22.0 Å². The standard InChI is InChI=1S/C22H23ClN4O4S/c1-26-10-9-24-21(26)20(16-5-3-2-4-6-16)25-22(28)17-7-8-18(23)19(15-17)32(29,30)27-11-13-31-14-12-27/h2-10,15,20H,11-14H2,1H3,(H,25,28)/t20-/m1/s1. The lowest BCUT2D eigenvalue weighted by atomic mass is 10.1. The Kier molecular flexibility index (Phi) is 6.61. The van der Waals surface area contributed by atoms with E-state index in [9.17, 15) is 13.2 Å². The molecule has 0 saturated carbocycles. The molecule has 1 aromatic heterocycles. The molecule has 0 radical (unpaired) electrons. The third-order valence-electron chi connectivity index (χ3n) is 5.31. The van der Waals surface area contributed by atoms with Crippen molar-refractivity contribution in [2.75, 3.05) is 26.3 Å². The fourth-order valence-electron chi connectivity index (χ4n) is 3.58. The van der Waals surface area contributed by atoms with Crippen molar-refractivity contribution >= 4 is 27.5 Å². The van der Waals surface area contributed by atoms with Crippen LogP contribution in [0.4, 0.5) is 0 Å². The molecule has 1 aliphatic heterocycles. The number of aryl methyl sites for hydroxylation is 1. The number of carbonyl (C=O) groups excluding carboxylic acids is 1. The number of hydrogen-bond acceptors (Lipinski definition) is 5. The number of carbonyl (C=O) groups is 1. The van der Waals surface area contributed by atoms with Gasteiger partial charge in [-0.3, -0.25) is 4.79 Å². The summed E-state index contributed by atoms with van der Waals surface area (Å²) in [5.74, 6) is 0.219. The van der Waals surface area contributed by atoms with Crippen LogP contribution in [0.25, 0.3) is 0 Å². The Morgan fingerprint density at radius 2 is 1.88 bits per heavy atom. The van der Waals surface area contributed by atoms with E-state index in [0.29, 0.717) is 19.0 Å². The second-order valence-corrected chi connectivity index (χ2v) is 9.69. The van der Waals surface area contributed by atoms with Crippen molar-refractivity contribution in [3.63, 3.8) is 0 Å². The second kappa shape index (κ2) is 9.41. The van der Waals surface area contributed by atoms with E-state index in [1.54, 1.807) is 12.4 Å². The average molecular weight is 475 g/mol. The monoisotopic (exact) mass is 474 g/mol. The number of aromatic nitrogens is 2. The van der Waals surface area contributed by atoms with Crippen LogP contribution in [0.5, 0.6) is 0 Å². The molecule has 1 fully saturated rings. The fourth-order valence-corrected chi connectivity index (χ4v) is 5.49. The largest absolute Gasteiger partial charge is 0.379 e. The summed E-state index contributed by atoms with van der Waals surface area (Å²) in [6.07, 6.45) is 3.46. The Labute approximate surface area is 191 Å². The van der Waals surface area contributed by atoms with Gasteiger partial charge >= 0.3 is 0 Å². The van der Waals surface area contributed by atoms with E-state index in [1.165, 1.54) is 22.5 Å². The lowest BCUT2D eigenvalue weighted by Gasteiger charge is -2.26. The van der Waals surface area contributed by atoms with Crippen LogP contribution >= 0.6 is 11.6 Å². The number of imidazole rings is 1. The topological polar surface area (TPSA) is 93.5 Å². The number of morpholine rings is 1.